The largest absolute Gasteiger partial charge is 0.497 e. The maximum absolute atomic E-state index is 14.3. The minimum atomic E-state index is -1.28. The van der Waals surface area contributed by atoms with Gasteiger partial charge in [-0.15, -0.1) is 6.58 Å². The lowest BCUT2D eigenvalue weighted by atomic mass is 9.66. The Labute approximate surface area is 205 Å². The third-order valence-electron chi connectivity index (χ3n) is 7.99. The number of carbonyl (C=O) groups is 3. The van der Waals surface area contributed by atoms with Crippen LogP contribution in [-0.4, -0.2) is 76.4 Å². The molecule has 0 aliphatic carbocycles. The Morgan fingerprint density at radius 1 is 1.31 bits per heavy atom. The van der Waals surface area contributed by atoms with Crippen molar-refractivity contribution >= 4 is 23.5 Å². The molecule has 0 radical (unpaired) electrons. The number of methoxy groups -OCH3 is 1. The average molecular weight is 487 g/mol. The van der Waals surface area contributed by atoms with Crippen LogP contribution in [0.4, 0.5) is 5.69 Å². The predicted molar refractivity (Wildman–Crippen MR) is 128 cm³/mol. The summed E-state index contributed by atoms with van der Waals surface area (Å²) in [5.41, 5.74) is -1.73. The number of aliphatic hydroxyl groups excluding tert-OH is 1. The van der Waals surface area contributed by atoms with E-state index < -0.39 is 47.0 Å². The first-order chi connectivity index (χ1) is 16.6. The number of anilines is 1. The van der Waals surface area contributed by atoms with Gasteiger partial charge in [0, 0.05) is 12.2 Å². The Balaban J connectivity index is 1.85. The maximum Gasteiger partial charge on any atom is 0.310 e. The van der Waals surface area contributed by atoms with E-state index in [4.69, 9.17) is 9.47 Å². The molecule has 0 saturated carbocycles. The van der Waals surface area contributed by atoms with E-state index in [1.54, 1.807) is 44.4 Å². The lowest BCUT2D eigenvalue weighted by Gasteiger charge is -2.40. The summed E-state index contributed by atoms with van der Waals surface area (Å²) < 4.78 is 11.7. The van der Waals surface area contributed by atoms with Crippen molar-refractivity contribution in [3.8, 4) is 5.75 Å². The summed E-state index contributed by atoms with van der Waals surface area (Å²) in [6, 6.07) is 5.23. The number of carboxylic acids is 1. The van der Waals surface area contributed by atoms with Crippen molar-refractivity contribution in [3.63, 3.8) is 0 Å². The summed E-state index contributed by atoms with van der Waals surface area (Å²) in [6.07, 6.45) is 2.41. The summed E-state index contributed by atoms with van der Waals surface area (Å²) in [7, 11) is 1.55. The topological polar surface area (TPSA) is 117 Å². The zero-order chi connectivity index (χ0) is 25.7. The van der Waals surface area contributed by atoms with E-state index in [2.05, 4.69) is 6.58 Å². The Morgan fingerprint density at radius 3 is 2.49 bits per heavy atom. The number of benzene rings is 1. The molecule has 9 heteroatoms. The van der Waals surface area contributed by atoms with Crippen LogP contribution in [0.1, 0.15) is 33.6 Å². The second kappa shape index (κ2) is 8.95. The van der Waals surface area contributed by atoms with E-state index in [0.29, 0.717) is 24.3 Å². The van der Waals surface area contributed by atoms with Gasteiger partial charge in [0.15, 0.2) is 0 Å². The van der Waals surface area contributed by atoms with Crippen LogP contribution in [0.2, 0.25) is 0 Å². The van der Waals surface area contributed by atoms with E-state index in [9.17, 15) is 24.6 Å². The standard InChI is InChI=1S/C26H34N2O7/c1-6-13-27(16-7-9-17(34-5)10-8-16)23(31)21-26-12-11-25(4,35-26)20(24(32)33)19(26)22(30)28(21)18(14-29)15(2)3/h6-10,15,18-21,29H,1,11-14H2,2-5H3,(H,32,33)/t18-,19-,20-,21?,25+,26?/m0/s1. The molecule has 2 amide bonds. The molecule has 190 valence electrons. The van der Waals surface area contributed by atoms with Gasteiger partial charge >= 0.3 is 5.97 Å². The van der Waals surface area contributed by atoms with Crippen molar-refractivity contribution in [1.29, 1.82) is 0 Å². The number of rotatable bonds is 9. The fourth-order valence-electron chi connectivity index (χ4n) is 6.36. The maximum atomic E-state index is 14.3. The van der Waals surface area contributed by atoms with Gasteiger partial charge in [-0.2, -0.15) is 0 Å². The Bertz CT molecular complexity index is 1030. The number of aliphatic hydroxyl groups is 1. The summed E-state index contributed by atoms with van der Waals surface area (Å²) in [6.45, 7) is 9.06. The van der Waals surface area contributed by atoms with Gasteiger partial charge in [-0.1, -0.05) is 19.9 Å². The third-order valence-corrected chi connectivity index (χ3v) is 7.99. The van der Waals surface area contributed by atoms with Crippen LogP contribution in [0.15, 0.2) is 36.9 Å². The normalized spacial score (nSPS) is 32.0. The molecular weight excluding hydrogens is 452 g/mol. The molecule has 3 fully saturated rings. The Morgan fingerprint density at radius 2 is 1.97 bits per heavy atom. The molecule has 2 unspecified atom stereocenters. The van der Waals surface area contributed by atoms with Crippen LogP contribution >= 0.6 is 0 Å². The predicted octanol–water partition coefficient (Wildman–Crippen LogP) is 2.08. The number of amides is 2. The quantitative estimate of drug-likeness (QED) is 0.513. The fourth-order valence-corrected chi connectivity index (χ4v) is 6.36. The van der Waals surface area contributed by atoms with Gasteiger partial charge in [-0.3, -0.25) is 14.4 Å². The van der Waals surface area contributed by atoms with Gasteiger partial charge < -0.3 is 29.5 Å². The van der Waals surface area contributed by atoms with E-state index >= 15 is 0 Å². The Kier molecular flexibility index (Phi) is 6.44. The number of carbonyl (C=O) groups excluding carboxylic acids is 2. The number of hydrogen-bond donors (Lipinski definition) is 2. The molecule has 2 N–H and O–H groups in total. The summed E-state index contributed by atoms with van der Waals surface area (Å²) in [5, 5.41) is 20.3. The van der Waals surface area contributed by atoms with Crippen LogP contribution in [0.25, 0.3) is 0 Å². The zero-order valence-electron chi connectivity index (χ0n) is 20.6. The first-order valence-electron chi connectivity index (χ1n) is 12.0. The lowest BCUT2D eigenvalue weighted by molar-refractivity contribution is -0.156. The average Bonchev–Trinajstić information content (AvgIpc) is 3.38. The molecule has 4 rings (SSSR count). The molecule has 35 heavy (non-hydrogen) atoms. The van der Waals surface area contributed by atoms with E-state index in [0.717, 1.165) is 0 Å². The van der Waals surface area contributed by atoms with Gasteiger partial charge in [-0.25, -0.2) is 0 Å². The number of fused-ring (bicyclic) bond motifs is 1. The summed E-state index contributed by atoms with van der Waals surface area (Å²) >= 11 is 0. The molecule has 9 nitrogen and oxygen atoms in total. The van der Waals surface area contributed by atoms with Gasteiger partial charge in [-0.05, 0) is 49.9 Å². The minimum Gasteiger partial charge on any atom is -0.497 e. The van der Waals surface area contributed by atoms with Crippen molar-refractivity contribution in [2.45, 2.75) is 56.9 Å². The summed E-state index contributed by atoms with van der Waals surface area (Å²) in [5.74, 6) is -3.54. The molecule has 2 bridgehead atoms. The highest BCUT2D eigenvalue weighted by Crippen LogP contribution is 2.63. The van der Waals surface area contributed by atoms with E-state index in [1.807, 2.05) is 13.8 Å². The van der Waals surface area contributed by atoms with Crippen LogP contribution in [0, 0.1) is 17.8 Å². The molecule has 1 aromatic rings. The number of likely N-dealkylation sites (tertiary alicyclic amines) is 1. The molecular formula is C26H34N2O7. The van der Waals surface area contributed by atoms with Crippen LogP contribution in [-0.2, 0) is 19.1 Å². The first kappa shape index (κ1) is 25.2. The highest BCUT2D eigenvalue weighted by Gasteiger charge is 2.79. The monoisotopic (exact) mass is 486 g/mol. The molecule has 0 aromatic heterocycles. The van der Waals surface area contributed by atoms with Crippen LogP contribution in [0.3, 0.4) is 0 Å². The van der Waals surface area contributed by atoms with E-state index in [-0.39, 0.29) is 25.0 Å². The molecule has 6 atom stereocenters. The number of hydrogen-bond acceptors (Lipinski definition) is 6. The van der Waals surface area contributed by atoms with Crippen molar-refractivity contribution in [2.24, 2.45) is 17.8 Å². The number of nitrogens with zero attached hydrogens (tertiary/aromatic N) is 2. The smallest absolute Gasteiger partial charge is 0.310 e. The van der Waals surface area contributed by atoms with E-state index in [1.165, 1.54) is 9.80 Å². The zero-order valence-corrected chi connectivity index (χ0v) is 20.6. The van der Waals surface area contributed by atoms with Crippen molar-refractivity contribution in [2.75, 3.05) is 25.2 Å². The van der Waals surface area contributed by atoms with Crippen molar-refractivity contribution in [3.05, 3.63) is 36.9 Å². The van der Waals surface area contributed by atoms with Gasteiger partial charge in [0.25, 0.3) is 5.91 Å². The molecule has 1 aromatic carbocycles. The first-order valence-corrected chi connectivity index (χ1v) is 12.0. The highest BCUT2D eigenvalue weighted by molar-refractivity contribution is 6.05. The summed E-state index contributed by atoms with van der Waals surface area (Å²) in [4.78, 5) is 43.5. The van der Waals surface area contributed by atoms with Gasteiger partial charge in [0.1, 0.15) is 17.4 Å². The minimum absolute atomic E-state index is 0.167. The fraction of sp³-hybridized carbons (Fsp3) is 0.577. The molecule has 3 heterocycles. The number of ether oxygens (including phenoxy) is 2. The van der Waals surface area contributed by atoms with Gasteiger partial charge in [0.05, 0.1) is 37.2 Å². The second-order valence-corrected chi connectivity index (χ2v) is 10.2. The van der Waals surface area contributed by atoms with Crippen LogP contribution in [0.5, 0.6) is 5.75 Å². The molecule has 1 spiro atoms. The van der Waals surface area contributed by atoms with Crippen molar-refractivity contribution in [1.82, 2.24) is 4.90 Å². The second-order valence-electron chi connectivity index (χ2n) is 10.2. The number of carboxylic acid groups (broad SMARTS) is 1. The number of aliphatic carboxylic acids is 1. The Hall–Kier alpha value is -2.91. The highest BCUT2D eigenvalue weighted by atomic mass is 16.5. The third kappa shape index (κ3) is 3.63. The molecule has 3 saturated heterocycles. The molecule has 3 aliphatic heterocycles. The van der Waals surface area contributed by atoms with Gasteiger partial charge in [0.2, 0.25) is 5.91 Å². The SMILES string of the molecule is C=CCN(C(=O)C1N([C@@H](CO)C(C)C)C(=O)[C@@H]2[C@@H](C(=O)O)[C@@]3(C)CCC12O3)c1ccc(OC)cc1. The molecule has 3 aliphatic rings. The van der Waals surface area contributed by atoms with Crippen LogP contribution < -0.4 is 9.64 Å². The lowest BCUT2D eigenvalue weighted by Crippen LogP contribution is -2.60. The van der Waals surface area contributed by atoms with Crippen molar-refractivity contribution < 1.29 is 34.1 Å².